The largest absolute Gasteiger partial charge is 0.318 e. The summed E-state index contributed by atoms with van der Waals surface area (Å²) >= 11 is 0. The molecule has 0 radical (unpaired) electrons. The first-order chi connectivity index (χ1) is 3.85. The summed E-state index contributed by atoms with van der Waals surface area (Å²) in [5.41, 5.74) is 15.5. The lowest BCUT2D eigenvalue weighted by Crippen LogP contribution is -2.59. The van der Waals surface area contributed by atoms with Crippen LogP contribution in [0.2, 0.25) is 0 Å². The Morgan fingerprint density at radius 1 is 1.56 bits per heavy atom. The molecule has 0 aliphatic heterocycles. The van der Waals surface area contributed by atoms with Gasteiger partial charge in [0.2, 0.25) is 0 Å². The zero-order valence-electron chi connectivity index (χ0n) is 4.87. The highest BCUT2D eigenvalue weighted by Crippen LogP contribution is 2.09. The van der Waals surface area contributed by atoms with Crippen LogP contribution in [-0.2, 0) is 4.79 Å². The lowest BCUT2D eigenvalue weighted by Gasteiger charge is -2.23. The number of carbonyl (C=O) groups is 1. The van der Waals surface area contributed by atoms with Crippen molar-refractivity contribution in [3.63, 3.8) is 0 Å². The van der Waals surface area contributed by atoms with Crippen molar-refractivity contribution < 1.29 is 4.79 Å². The average molecular weight is 167 g/mol. The van der Waals surface area contributed by atoms with E-state index in [0.29, 0.717) is 0 Å². The molecule has 9 heavy (non-hydrogen) atoms. The van der Waals surface area contributed by atoms with Crippen LogP contribution in [-0.4, -0.2) is 17.0 Å². The van der Waals surface area contributed by atoms with Crippen LogP contribution in [0.4, 0.5) is 0 Å². The van der Waals surface area contributed by atoms with Gasteiger partial charge >= 0.3 is 0 Å². The molecule has 0 aromatic heterocycles. The molecule has 0 spiro atoms. The van der Waals surface area contributed by atoms with Crippen molar-refractivity contribution in [1.29, 1.82) is 0 Å². The van der Waals surface area contributed by atoms with Crippen LogP contribution >= 0.6 is 18.5 Å². The fourth-order valence-electron chi connectivity index (χ4n) is 0.246. The fourth-order valence-corrected chi connectivity index (χ4v) is 0.892. The summed E-state index contributed by atoms with van der Waals surface area (Å²) in [5, 5.41) is -1.20. The minimum atomic E-state index is -1.20. The van der Waals surface area contributed by atoms with Crippen molar-refractivity contribution >= 4 is 24.0 Å². The molecule has 6 heteroatoms. The van der Waals surface area contributed by atoms with Gasteiger partial charge in [0.25, 0.3) is 0 Å². The maximum atomic E-state index is 10.5. The Bertz CT molecular complexity index is 121. The second-order valence-corrected chi connectivity index (χ2v) is 3.45. The normalized spacial score (nSPS) is 15.2. The highest BCUT2D eigenvalue weighted by Gasteiger charge is 2.25. The number of hydrogen-bond acceptors (Lipinski definition) is 4. The molecule has 0 aromatic carbocycles. The van der Waals surface area contributed by atoms with Gasteiger partial charge < -0.3 is 17.2 Å². The van der Waals surface area contributed by atoms with Gasteiger partial charge in [0.05, 0.1) is 0 Å². The summed E-state index contributed by atoms with van der Waals surface area (Å²) in [6.45, 7) is 0. The molecule has 54 valence electrons. The van der Waals surface area contributed by atoms with E-state index in [-0.39, 0.29) is 5.52 Å². The van der Waals surface area contributed by atoms with E-state index in [2.05, 4.69) is 9.24 Å². The van der Waals surface area contributed by atoms with Crippen LogP contribution in [0.1, 0.15) is 0 Å². The number of carbonyl (C=O) groups excluding carboxylic acids is 1. The highest BCUT2D eigenvalue weighted by molar-refractivity contribution is 7.40. The van der Waals surface area contributed by atoms with E-state index < -0.39 is 11.4 Å². The summed E-state index contributed by atoms with van der Waals surface area (Å²) in [6.07, 6.45) is 0. The Morgan fingerprint density at radius 3 is 1.89 bits per heavy atom. The summed E-state index contributed by atoms with van der Waals surface area (Å²) in [5.74, 6) is 0. The smallest absolute Gasteiger partial charge is 0.168 e. The Balaban J connectivity index is 4.04. The van der Waals surface area contributed by atoms with Crippen molar-refractivity contribution in [3.05, 3.63) is 0 Å². The maximum Gasteiger partial charge on any atom is 0.168 e. The fraction of sp³-hybridized carbons (Fsp3) is 0.667. The first-order valence-electron chi connectivity index (χ1n) is 2.27. The molecule has 3 atom stereocenters. The van der Waals surface area contributed by atoms with Crippen molar-refractivity contribution in [2.24, 2.45) is 17.2 Å². The second kappa shape index (κ2) is 3.00. The van der Waals surface area contributed by atoms with E-state index in [4.69, 9.17) is 17.2 Å². The minimum absolute atomic E-state index is 0.296. The van der Waals surface area contributed by atoms with Gasteiger partial charge in [-0.3, -0.25) is 4.79 Å². The predicted octanol–water partition coefficient (Wildman–Crippen LogP) is -1.84. The van der Waals surface area contributed by atoms with Gasteiger partial charge in [-0.1, -0.05) is 18.5 Å². The summed E-state index contributed by atoms with van der Waals surface area (Å²) in [6, 6.07) is -0.840. The summed E-state index contributed by atoms with van der Waals surface area (Å²) in [7, 11) is 4.02. The van der Waals surface area contributed by atoms with Crippen molar-refractivity contribution in [3.8, 4) is 0 Å². The molecule has 6 N–H and O–H groups in total. The van der Waals surface area contributed by atoms with Crippen LogP contribution in [0.25, 0.3) is 0 Å². The Hall–Kier alpha value is 0.410. The van der Waals surface area contributed by atoms with Crippen LogP contribution in [0.5, 0.6) is 0 Å². The summed E-state index contributed by atoms with van der Waals surface area (Å²) < 4.78 is 0. The van der Waals surface area contributed by atoms with Crippen LogP contribution < -0.4 is 17.2 Å². The number of nitrogens with two attached hydrogens (primary N) is 3. The minimum Gasteiger partial charge on any atom is -0.318 e. The molecule has 0 aliphatic carbocycles. The second-order valence-electron chi connectivity index (χ2n) is 1.88. The maximum absolute atomic E-state index is 10.5. The van der Waals surface area contributed by atoms with E-state index in [1.807, 2.05) is 9.24 Å². The van der Waals surface area contributed by atoms with E-state index in [1.54, 1.807) is 0 Å². The molecule has 0 aliphatic rings. The average Bonchev–Trinajstić information content (AvgIpc) is 1.62. The zero-order chi connectivity index (χ0) is 7.65. The third-order valence-electron chi connectivity index (χ3n) is 0.845. The van der Waals surface area contributed by atoms with Gasteiger partial charge in [-0.25, -0.2) is 0 Å². The van der Waals surface area contributed by atoms with Gasteiger partial charge in [0.15, 0.2) is 5.52 Å². The molecular weight excluding hydrogens is 156 g/mol. The van der Waals surface area contributed by atoms with Gasteiger partial charge in [0.1, 0.15) is 11.4 Å². The van der Waals surface area contributed by atoms with Gasteiger partial charge in [-0.05, 0) is 0 Å². The van der Waals surface area contributed by atoms with Crippen LogP contribution in [0, 0.1) is 0 Å². The van der Waals surface area contributed by atoms with Crippen LogP contribution in [0.3, 0.4) is 0 Å². The lowest BCUT2D eigenvalue weighted by molar-refractivity contribution is -0.112. The number of hydrogen-bond donors (Lipinski definition) is 3. The van der Waals surface area contributed by atoms with Gasteiger partial charge in [0, 0.05) is 0 Å². The van der Waals surface area contributed by atoms with E-state index in [1.165, 1.54) is 0 Å². The van der Waals surface area contributed by atoms with Crippen molar-refractivity contribution in [2.45, 2.75) is 11.4 Å². The lowest BCUT2D eigenvalue weighted by atomic mass is 10.3. The quantitative estimate of drug-likeness (QED) is 0.332. The molecule has 0 amide bonds. The number of rotatable bonds is 2. The molecule has 0 saturated heterocycles. The molecule has 0 heterocycles. The van der Waals surface area contributed by atoms with Gasteiger partial charge in [-0.15, -0.1) is 0 Å². The molecule has 0 bridgehead atoms. The molecular formula is C3H11N3OP2. The van der Waals surface area contributed by atoms with E-state index in [9.17, 15) is 4.79 Å². The first-order valence-corrected chi connectivity index (χ1v) is 3.42. The molecule has 4 nitrogen and oxygen atoms in total. The SMILES string of the molecule is NC(C(=O)P)C(N)(N)P. The Morgan fingerprint density at radius 2 is 1.89 bits per heavy atom. The molecule has 0 rings (SSSR count). The molecule has 0 fully saturated rings. The topological polar surface area (TPSA) is 95.1 Å². The first kappa shape index (κ1) is 9.41. The predicted molar refractivity (Wildman–Crippen MR) is 43.5 cm³/mol. The highest BCUT2D eigenvalue weighted by atomic mass is 31.0. The van der Waals surface area contributed by atoms with Crippen molar-refractivity contribution in [2.75, 3.05) is 0 Å². The Labute approximate surface area is 58.3 Å². The zero-order valence-corrected chi connectivity index (χ0v) is 7.18. The summed E-state index contributed by atoms with van der Waals surface area (Å²) in [4.78, 5) is 10.5. The molecule has 0 saturated carbocycles. The van der Waals surface area contributed by atoms with Crippen LogP contribution in [0.15, 0.2) is 0 Å². The monoisotopic (exact) mass is 167 g/mol. The third kappa shape index (κ3) is 3.19. The van der Waals surface area contributed by atoms with Gasteiger partial charge in [-0.2, -0.15) is 0 Å². The van der Waals surface area contributed by atoms with E-state index in [0.717, 1.165) is 0 Å². The molecule has 0 aromatic rings. The molecule has 3 unspecified atom stereocenters. The van der Waals surface area contributed by atoms with E-state index >= 15 is 0 Å². The van der Waals surface area contributed by atoms with Crippen molar-refractivity contribution in [1.82, 2.24) is 0 Å². The Kier molecular flexibility index (Phi) is 3.13. The standard InChI is InChI=1S/C3H11N3OP2/c4-1(2(7)8)3(5,6)9/h1H,4-6,8-9H2. The third-order valence-corrected chi connectivity index (χ3v) is 1.56.